The number of aliphatic hydroxyl groups excluding tert-OH is 1. The van der Waals surface area contributed by atoms with Crippen LogP contribution < -0.4 is 0 Å². The highest BCUT2D eigenvalue weighted by Gasteiger charge is 2.47. The Morgan fingerprint density at radius 2 is 1.78 bits per heavy atom. The molecule has 4 nitrogen and oxygen atoms in total. The molecule has 2 aliphatic carbocycles. The van der Waals surface area contributed by atoms with E-state index >= 15 is 0 Å². The van der Waals surface area contributed by atoms with Crippen LogP contribution in [0.5, 0.6) is 0 Å². The molecular formula is C29H41F3N2O2S. The lowest BCUT2D eigenvalue weighted by molar-refractivity contribution is -0.137. The molecule has 0 bridgehead atoms. The molecule has 0 aromatic carbocycles. The summed E-state index contributed by atoms with van der Waals surface area (Å²) in [7, 11) is -1.43. The average Bonchev–Trinajstić information content (AvgIpc) is 2.75. The Morgan fingerprint density at radius 1 is 1.14 bits per heavy atom. The summed E-state index contributed by atoms with van der Waals surface area (Å²) in [5.74, 6) is 0.0263. The van der Waals surface area contributed by atoms with Crippen molar-refractivity contribution in [3.63, 3.8) is 0 Å². The Morgan fingerprint density at radius 3 is 2.24 bits per heavy atom. The van der Waals surface area contributed by atoms with E-state index in [1.807, 2.05) is 20.8 Å². The molecular weight excluding hydrogens is 497 g/mol. The van der Waals surface area contributed by atoms with Gasteiger partial charge in [0.1, 0.15) is 6.10 Å². The zero-order chi connectivity index (χ0) is 27.6. The van der Waals surface area contributed by atoms with Gasteiger partial charge < -0.3 is 9.29 Å². The predicted molar refractivity (Wildman–Crippen MR) is 144 cm³/mol. The molecule has 0 aliphatic heterocycles. The van der Waals surface area contributed by atoms with Crippen LogP contribution in [0.2, 0.25) is 0 Å². The number of aliphatic hydroxyl groups is 1. The molecule has 0 saturated heterocycles. The van der Waals surface area contributed by atoms with Crippen LogP contribution in [0.25, 0.3) is 0 Å². The van der Waals surface area contributed by atoms with Gasteiger partial charge >= 0.3 is 6.18 Å². The lowest BCUT2D eigenvalue weighted by Crippen LogP contribution is -2.40. The molecule has 2 aliphatic rings. The number of nitrogens with zero attached hydrogens (tertiary/aromatic N) is 2. The summed E-state index contributed by atoms with van der Waals surface area (Å²) < 4.78 is 46.3. The predicted octanol–water partition coefficient (Wildman–Crippen LogP) is 7.96. The van der Waals surface area contributed by atoms with Crippen molar-refractivity contribution in [3.8, 4) is 0 Å². The van der Waals surface area contributed by atoms with Gasteiger partial charge in [0.05, 0.1) is 17.4 Å². The van der Waals surface area contributed by atoms with Gasteiger partial charge in [-0.25, -0.2) is 0 Å². The minimum atomic E-state index is -4.48. The van der Waals surface area contributed by atoms with Crippen molar-refractivity contribution in [2.75, 3.05) is 12.5 Å². The van der Waals surface area contributed by atoms with Crippen molar-refractivity contribution in [2.24, 2.45) is 5.41 Å². The molecule has 4 rings (SSSR count). The van der Waals surface area contributed by atoms with E-state index in [4.69, 9.17) is 9.17 Å². The molecule has 2 unspecified atom stereocenters. The standard InChI is InChI=1S/C29H41F3N2O2S/c1-17(2)25-24(26(35)20-11-10-19(16-33-20)29(30,31)32)18(3)23-21(34-25)14-28(12-9-13-28)15-22(23)36-37(7,8)27(4,5)6/h10-11,16-17,22,26,35H,9,12-15H2,1-8H3. The molecule has 2 atom stereocenters. The molecule has 37 heavy (non-hydrogen) atoms. The van der Waals surface area contributed by atoms with Crippen molar-refractivity contribution in [1.82, 2.24) is 9.97 Å². The number of hydrogen-bond acceptors (Lipinski definition) is 4. The van der Waals surface area contributed by atoms with E-state index in [1.54, 1.807) is 0 Å². The number of fused-ring (bicyclic) bond motifs is 1. The Hall–Kier alpha value is -1.64. The molecule has 8 heteroatoms. The van der Waals surface area contributed by atoms with E-state index in [9.17, 15) is 18.3 Å². The highest BCUT2D eigenvalue weighted by atomic mass is 32.3. The Bertz CT molecular complexity index is 1150. The third-order valence-electron chi connectivity index (χ3n) is 8.59. The fraction of sp³-hybridized carbons (Fsp3) is 0.655. The maximum absolute atomic E-state index is 13.1. The van der Waals surface area contributed by atoms with E-state index in [1.165, 1.54) is 25.3 Å². The smallest absolute Gasteiger partial charge is 0.382 e. The van der Waals surface area contributed by atoms with Crippen LogP contribution in [0.3, 0.4) is 0 Å². The third kappa shape index (κ3) is 5.30. The van der Waals surface area contributed by atoms with Crippen molar-refractivity contribution in [1.29, 1.82) is 0 Å². The summed E-state index contributed by atoms with van der Waals surface area (Å²) in [4.78, 5) is 9.16. The maximum atomic E-state index is 13.1. The van der Waals surface area contributed by atoms with Gasteiger partial charge in [-0.3, -0.25) is 9.97 Å². The lowest BCUT2D eigenvalue weighted by Gasteiger charge is -2.52. The fourth-order valence-electron chi connectivity index (χ4n) is 5.55. The second-order valence-electron chi connectivity index (χ2n) is 12.6. The number of alkyl halides is 3. The average molecular weight is 539 g/mol. The number of aromatic nitrogens is 2. The number of pyridine rings is 2. The molecule has 2 heterocycles. The summed E-state index contributed by atoms with van der Waals surface area (Å²) in [5, 5.41) is 11.5. The van der Waals surface area contributed by atoms with Crippen molar-refractivity contribution >= 4 is 10.3 Å². The molecule has 1 spiro atoms. The van der Waals surface area contributed by atoms with Crippen LogP contribution in [0, 0.1) is 12.3 Å². The first kappa shape index (κ1) is 28.4. The second-order valence-corrected chi connectivity index (χ2v) is 16.5. The van der Waals surface area contributed by atoms with Crippen LogP contribution >= 0.6 is 10.3 Å². The van der Waals surface area contributed by atoms with Gasteiger partial charge in [0.2, 0.25) is 0 Å². The Labute approximate surface area is 221 Å². The molecule has 206 valence electrons. The van der Waals surface area contributed by atoms with Gasteiger partial charge in [-0.2, -0.15) is 13.2 Å². The topological polar surface area (TPSA) is 55.2 Å². The number of hydrogen-bond donors (Lipinski definition) is 1. The number of rotatable bonds is 5. The Balaban J connectivity index is 1.84. The van der Waals surface area contributed by atoms with Gasteiger partial charge in [0.15, 0.2) is 0 Å². The highest BCUT2D eigenvalue weighted by molar-refractivity contribution is 8.29. The fourth-order valence-corrected chi connectivity index (χ4v) is 6.58. The molecule has 1 saturated carbocycles. The van der Waals surface area contributed by atoms with Crippen molar-refractivity contribution in [3.05, 3.63) is 57.7 Å². The Kier molecular flexibility index (Phi) is 7.30. The van der Waals surface area contributed by atoms with Gasteiger partial charge in [-0.1, -0.05) is 41.0 Å². The highest BCUT2D eigenvalue weighted by Crippen LogP contribution is 2.62. The molecule has 0 radical (unpaired) electrons. The molecule has 2 aromatic heterocycles. The van der Waals surface area contributed by atoms with Gasteiger partial charge in [0, 0.05) is 33.5 Å². The zero-order valence-corrected chi connectivity index (χ0v) is 24.1. The summed E-state index contributed by atoms with van der Waals surface area (Å²) in [6.07, 6.45) is 4.84. The molecule has 1 fully saturated rings. The van der Waals surface area contributed by atoms with E-state index in [2.05, 4.69) is 38.3 Å². The third-order valence-corrected chi connectivity index (χ3v) is 12.3. The first-order valence-corrected chi connectivity index (χ1v) is 15.5. The van der Waals surface area contributed by atoms with Crippen LogP contribution in [0.1, 0.15) is 118 Å². The minimum absolute atomic E-state index is 0.0108. The molecule has 2 aromatic rings. The monoisotopic (exact) mass is 538 g/mol. The van der Waals surface area contributed by atoms with Crippen LogP contribution in [-0.2, 0) is 16.8 Å². The van der Waals surface area contributed by atoms with E-state index < -0.39 is 28.2 Å². The van der Waals surface area contributed by atoms with E-state index in [-0.39, 0.29) is 27.9 Å². The molecule has 0 amide bonds. The largest absolute Gasteiger partial charge is 0.417 e. The van der Waals surface area contributed by atoms with Crippen LogP contribution in [-0.4, -0.2) is 32.3 Å². The normalized spacial score (nSPS) is 21.1. The summed E-state index contributed by atoms with van der Waals surface area (Å²) in [6.45, 7) is 12.7. The zero-order valence-electron chi connectivity index (χ0n) is 23.3. The molecule has 1 N–H and O–H groups in total. The maximum Gasteiger partial charge on any atom is 0.417 e. The van der Waals surface area contributed by atoms with E-state index in [0.717, 1.165) is 47.6 Å². The van der Waals surface area contributed by atoms with Gasteiger partial charge in [-0.15, -0.1) is 10.3 Å². The summed E-state index contributed by atoms with van der Waals surface area (Å²) >= 11 is 0. The SMILES string of the molecule is Cc1c2c(nc(C(C)C)c1C(O)c1ccc(C(F)(F)F)cn1)CC1(CCC1)CC2OS(C)(C)C(C)(C)C. The van der Waals surface area contributed by atoms with Gasteiger partial charge in [-0.05, 0) is 74.1 Å². The summed E-state index contributed by atoms with van der Waals surface area (Å²) in [6, 6.07) is 2.24. The quantitative estimate of drug-likeness (QED) is 0.420. The first-order chi connectivity index (χ1) is 17.0. The van der Waals surface area contributed by atoms with Crippen molar-refractivity contribution < 1.29 is 22.5 Å². The van der Waals surface area contributed by atoms with Gasteiger partial charge in [0.25, 0.3) is 0 Å². The van der Waals surface area contributed by atoms with Crippen LogP contribution in [0.15, 0.2) is 18.3 Å². The summed E-state index contributed by atoms with van der Waals surface area (Å²) in [5.41, 5.74) is 4.01. The van der Waals surface area contributed by atoms with Crippen molar-refractivity contribution in [2.45, 2.75) is 103 Å². The van der Waals surface area contributed by atoms with E-state index in [0.29, 0.717) is 5.56 Å². The lowest BCUT2D eigenvalue weighted by atomic mass is 9.59. The second kappa shape index (κ2) is 9.53. The van der Waals surface area contributed by atoms with Crippen LogP contribution in [0.4, 0.5) is 13.2 Å². The minimum Gasteiger partial charge on any atom is -0.382 e. The first-order valence-electron chi connectivity index (χ1n) is 13.1. The number of halogens is 3.